The zero-order chi connectivity index (χ0) is 14.8. The first-order valence-electron chi connectivity index (χ1n) is 6.64. The van der Waals surface area contributed by atoms with E-state index in [0.717, 1.165) is 16.9 Å². The lowest BCUT2D eigenvalue weighted by Crippen LogP contribution is -1.98. The van der Waals surface area contributed by atoms with Crippen LogP contribution >= 0.6 is 23.4 Å². The summed E-state index contributed by atoms with van der Waals surface area (Å²) in [4.78, 5) is 1.24. The van der Waals surface area contributed by atoms with Crippen LogP contribution in [0.15, 0.2) is 59.5 Å². The van der Waals surface area contributed by atoms with Crippen molar-refractivity contribution in [2.24, 2.45) is 0 Å². The molecule has 0 unspecified atom stereocenters. The smallest absolute Gasteiger partial charge is 0.152 e. The summed E-state index contributed by atoms with van der Waals surface area (Å²) in [6.45, 7) is 2.07. The maximum atomic E-state index is 6.12. The average molecular weight is 315 g/mol. The zero-order valence-electron chi connectivity index (χ0n) is 11.9. The molecule has 0 fully saturated rings. The Bertz CT molecular complexity index is 745. The molecular weight excluding hydrogens is 300 g/mol. The highest BCUT2D eigenvalue weighted by molar-refractivity contribution is 7.98. The summed E-state index contributed by atoms with van der Waals surface area (Å²) in [6, 6.07) is 18.6. The Labute approximate surface area is 133 Å². The van der Waals surface area contributed by atoms with E-state index in [9.17, 15) is 0 Å². The van der Waals surface area contributed by atoms with Gasteiger partial charge in [0.05, 0.1) is 11.4 Å². The molecule has 0 saturated carbocycles. The number of rotatable bonds is 3. The van der Waals surface area contributed by atoms with E-state index in [1.807, 2.05) is 10.7 Å². The molecule has 0 aliphatic carbocycles. The second-order valence-electron chi connectivity index (χ2n) is 4.83. The Morgan fingerprint density at radius 1 is 1.00 bits per heavy atom. The van der Waals surface area contributed by atoms with Crippen molar-refractivity contribution < 1.29 is 0 Å². The van der Waals surface area contributed by atoms with Gasteiger partial charge in [-0.05, 0) is 37.4 Å². The van der Waals surface area contributed by atoms with Gasteiger partial charge >= 0.3 is 0 Å². The van der Waals surface area contributed by atoms with Crippen LogP contribution in [0.1, 0.15) is 5.56 Å². The number of aromatic nitrogens is 2. The van der Waals surface area contributed by atoms with E-state index in [1.165, 1.54) is 10.5 Å². The van der Waals surface area contributed by atoms with Gasteiger partial charge in [0.15, 0.2) is 5.15 Å². The highest BCUT2D eigenvalue weighted by atomic mass is 35.5. The lowest BCUT2D eigenvalue weighted by atomic mass is 10.1. The van der Waals surface area contributed by atoms with Crippen LogP contribution in [-0.4, -0.2) is 16.0 Å². The average Bonchev–Trinajstić information content (AvgIpc) is 2.90. The summed E-state index contributed by atoms with van der Waals surface area (Å²) in [5, 5.41) is 4.91. The minimum atomic E-state index is 0.500. The predicted molar refractivity (Wildman–Crippen MR) is 90.5 cm³/mol. The van der Waals surface area contributed by atoms with Crippen LogP contribution in [0.4, 0.5) is 0 Å². The molecule has 3 rings (SSSR count). The second-order valence-corrected chi connectivity index (χ2v) is 6.10. The van der Waals surface area contributed by atoms with Crippen molar-refractivity contribution in [1.82, 2.24) is 9.78 Å². The fourth-order valence-corrected chi connectivity index (χ4v) is 2.79. The Morgan fingerprint density at radius 3 is 2.29 bits per heavy atom. The van der Waals surface area contributed by atoms with E-state index in [0.29, 0.717) is 5.15 Å². The first-order chi connectivity index (χ1) is 10.2. The molecule has 0 amide bonds. The van der Waals surface area contributed by atoms with Gasteiger partial charge < -0.3 is 0 Å². The van der Waals surface area contributed by atoms with E-state index in [-0.39, 0.29) is 0 Å². The molecule has 0 saturated heterocycles. The topological polar surface area (TPSA) is 17.8 Å². The molecule has 0 N–H and O–H groups in total. The van der Waals surface area contributed by atoms with Crippen molar-refractivity contribution in [3.05, 3.63) is 65.3 Å². The van der Waals surface area contributed by atoms with Gasteiger partial charge in [-0.25, -0.2) is 4.68 Å². The maximum Gasteiger partial charge on any atom is 0.152 e. The van der Waals surface area contributed by atoms with E-state index in [4.69, 9.17) is 11.6 Å². The van der Waals surface area contributed by atoms with Crippen molar-refractivity contribution in [2.75, 3.05) is 6.26 Å². The Balaban J connectivity index is 2.08. The molecule has 0 aliphatic rings. The van der Waals surface area contributed by atoms with Gasteiger partial charge in [-0.3, -0.25) is 0 Å². The van der Waals surface area contributed by atoms with Crippen LogP contribution in [0.5, 0.6) is 0 Å². The fourth-order valence-electron chi connectivity index (χ4n) is 2.20. The minimum absolute atomic E-state index is 0.500. The van der Waals surface area contributed by atoms with Crippen molar-refractivity contribution in [1.29, 1.82) is 0 Å². The summed E-state index contributed by atoms with van der Waals surface area (Å²) in [6.07, 6.45) is 2.07. The monoisotopic (exact) mass is 314 g/mol. The summed E-state index contributed by atoms with van der Waals surface area (Å²) in [7, 11) is 0. The SMILES string of the molecule is CSc1ccc(-c2cc(Cl)nn2-c2ccc(C)cc2)cc1. The van der Waals surface area contributed by atoms with E-state index in [1.54, 1.807) is 11.8 Å². The van der Waals surface area contributed by atoms with Crippen LogP contribution < -0.4 is 0 Å². The number of nitrogens with zero attached hydrogens (tertiary/aromatic N) is 2. The van der Waals surface area contributed by atoms with Gasteiger partial charge in [0.25, 0.3) is 0 Å². The van der Waals surface area contributed by atoms with Crippen LogP contribution in [-0.2, 0) is 0 Å². The molecule has 2 nitrogen and oxygen atoms in total. The number of hydrogen-bond acceptors (Lipinski definition) is 2. The van der Waals surface area contributed by atoms with Gasteiger partial charge in [-0.1, -0.05) is 41.4 Å². The molecule has 0 spiro atoms. The molecule has 0 atom stereocenters. The van der Waals surface area contributed by atoms with E-state index < -0.39 is 0 Å². The van der Waals surface area contributed by atoms with Crippen molar-refractivity contribution in [2.45, 2.75) is 11.8 Å². The molecule has 0 aliphatic heterocycles. The highest BCUT2D eigenvalue weighted by Gasteiger charge is 2.10. The van der Waals surface area contributed by atoms with Crippen molar-refractivity contribution in [3.8, 4) is 16.9 Å². The maximum absolute atomic E-state index is 6.12. The molecule has 0 radical (unpaired) electrons. The summed E-state index contributed by atoms with van der Waals surface area (Å²) in [5.74, 6) is 0. The first-order valence-corrected chi connectivity index (χ1v) is 8.24. The molecular formula is C17H15ClN2S. The zero-order valence-corrected chi connectivity index (χ0v) is 13.4. The molecule has 1 heterocycles. The molecule has 3 aromatic rings. The Morgan fingerprint density at radius 2 is 1.67 bits per heavy atom. The molecule has 4 heteroatoms. The second kappa shape index (κ2) is 5.96. The van der Waals surface area contributed by atoms with Crippen LogP contribution in [0.3, 0.4) is 0 Å². The fraction of sp³-hybridized carbons (Fsp3) is 0.118. The number of aryl methyl sites for hydroxylation is 1. The standard InChI is InChI=1S/C17H15ClN2S/c1-12-3-7-14(8-4-12)20-16(11-17(18)19-20)13-5-9-15(21-2)10-6-13/h3-11H,1-2H3. The molecule has 21 heavy (non-hydrogen) atoms. The minimum Gasteiger partial charge on any atom is -0.232 e. The van der Waals surface area contributed by atoms with Crippen LogP contribution in [0, 0.1) is 6.92 Å². The normalized spacial score (nSPS) is 10.8. The van der Waals surface area contributed by atoms with Crippen LogP contribution in [0.25, 0.3) is 16.9 Å². The third kappa shape index (κ3) is 2.99. The largest absolute Gasteiger partial charge is 0.232 e. The molecule has 106 valence electrons. The number of halogens is 1. The number of thioether (sulfide) groups is 1. The van der Waals surface area contributed by atoms with E-state index in [2.05, 4.69) is 66.8 Å². The van der Waals surface area contributed by atoms with Gasteiger partial charge in [0.1, 0.15) is 0 Å². The van der Waals surface area contributed by atoms with Gasteiger partial charge in [0.2, 0.25) is 0 Å². The molecule has 2 aromatic carbocycles. The number of hydrogen-bond donors (Lipinski definition) is 0. The third-order valence-corrected chi connectivity index (χ3v) is 4.27. The summed E-state index contributed by atoms with van der Waals surface area (Å²) < 4.78 is 1.88. The number of benzene rings is 2. The van der Waals surface area contributed by atoms with Gasteiger partial charge in [-0.15, -0.1) is 11.8 Å². The Hall–Kier alpha value is -1.71. The summed E-state index contributed by atoms with van der Waals surface area (Å²) >= 11 is 7.85. The van der Waals surface area contributed by atoms with Gasteiger partial charge in [-0.2, -0.15) is 5.10 Å². The van der Waals surface area contributed by atoms with Crippen molar-refractivity contribution >= 4 is 23.4 Å². The first kappa shape index (κ1) is 14.2. The van der Waals surface area contributed by atoms with Crippen LogP contribution in [0.2, 0.25) is 5.15 Å². The Kier molecular flexibility index (Phi) is 4.04. The molecule has 1 aromatic heterocycles. The predicted octanol–water partition coefficient (Wildman–Crippen LogP) is 5.22. The van der Waals surface area contributed by atoms with Crippen molar-refractivity contribution in [3.63, 3.8) is 0 Å². The lowest BCUT2D eigenvalue weighted by molar-refractivity contribution is 0.887. The molecule has 0 bridgehead atoms. The lowest BCUT2D eigenvalue weighted by Gasteiger charge is -2.08. The van der Waals surface area contributed by atoms with Gasteiger partial charge in [0, 0.05) is 16.5 Å². The highest BCUT2D eigenvalue weighted by Crippen LogP contribution is 2.27. The summed E-state index contributed by atoms with van der Waals surface area (Å²) in [5.41, 5.74) is 4.34. The van der Waals surface area contributed by atoms with E-state index >= 15 is 0 Å². The third-order valence-electron chi connectivity index (χ3n) is 3.34. The quantitative estimate of drug-likeness (QED) is 0.617.